The van der Waals surface area contributed by atoms with Crippen molar-refractivity contribution in [2.24, 2.45) is 22.2 Å². The van der Waals surface area contributed by atoms with Gasteiger partial charge in [0.15, 0.2) is 5.96 Å². The Bertz CT molecular complexity index is 662. The van der Waals surface area contributed by atoms with Crippen molar-refractivity contribution >= 4 is 29.7 Å². The second kappa shape index (κ2) is 15.0. The third kappa shape index (κ3) is 10.9. The van der Waals surface area contributed by atoms with E-state index in [4.69, 9.17) is 17.2 Å². The average molecular weight is 457 g/mol. The molecule has 0 spiro atoms. The number of carbonyl (C=O) groups is 4. The lowest BCUT2D eigenvalue weighted by molar-refractivity contribution is -0.142. The Labute approximate surface area is 187 Å². The lowest BCUT2D eigenvalue weighted by Gasteiger charge is -2.21. The minimum Gasteiger partial charge on any atom is -0.480 e. The molecule has 0 aromatic rings. The first kappa shape index (κ1) is 27.1. The summed E-state index contributed by atoms with van der Waals surface area (Å²) in [5, 5.41) is 19.8. The second-order valence-corrected chi connectivity index (χ2v) is 7.62. The number of rotatable bonds is 15. The van der Waals surface area contributed by atoms with Crippen LogP contribution in [-0.4, -0.2) is 79.1 Å². The molecule has 0 radical (unpaired) electrons. The molecule has 13 heteroatoms. The van der Waals surface area contributed by atoms with E-state index in [2.05, 4.69) is 26.3 Å². The molecule has 0 aromatic heterocycles. The first-order chi connectivity index (χ1) is 15.2. The van der Waals surface area contributed by atoms with Crippen LogP contribution in [-0.2, 0) is 19.2 Å². The van der Waals surface area contributed by atoms with Crippen LogP contribution in [0.5, 0.6) is 0 Å². The summed E-state index contributed by atoms with van der Waals surface area (Å²) in [6.45, 7) is 1.04. The van der Waals surface area contributed by atoms with Gasteiger partial charge in [0.1, 0.15) is 12.1 Å². The molecule has 3 amide bonds. The molecule has 0 aromatic carbocycles. The predicted octanol–water partition coefficient (Wildman–Crippen LogP) is -2.91. The van der Waals surface area contributed by atoms with Gasteiger partial charge in [-0.3, -0.25) is 19.4 Å². The molecule has 32 heavy (non-hydrogen) atoms. The lowest BCUT2D eigenvalue weighted by atomic mass is 10.1. The second-order valence-electron chi connectivity index (χ2n) is 7.62. The predicted molar refractivity (Wildman–Crippen MR) is 118 cm³/mol. The Kier molecular flexibility index (Phi) is 12.7. The third-order valence-corrected chi connectivity index (χ3v) is 4.96. The van der Waals surface area contributed by atoms with Gasteiger partial charge in [-0.25, -0.2) is 4.79 Å². The fraction of sp³-hybridized carbons (Fsp3) is 0.737. The number of hydrogen-bond acceptors (Lipinski definition) is 7. The van der Waals surface area contributed by atoms with Crippen molar-refractivity contribution in [3.8, 4) is 0 Å². The van der Waals surface area contributed by atoms with E-state index < -0.39 is 36.4 Å². The third-order valence-electron chi connectivity index (χ3n) is 4.96. The molecular formula is C19H36N8O5. The quantitative estimate of drug-likeness (QED) is 0.0716. The van der Waals surface area contributed by atoms with Gasteiger partial charge in [-0.2, -0.15) is 0 Å². The van der Waals surface area contributed by atoms with Crippen LogP contribution in [0.4, 0.5) is 0 Å². The minimum atomic E-state index is -1.16. The van der Waals surface area contributed by atoms with Crippen LogP contribution >= 0.6 is 0 Å². The number of carboxylic acid groups (broad SMARTS) is 1. The Balaban J connectivity index is 2.59. The largest absolute Gasteiger partial charge is 0.480 e. The van der Waals surface area contributed by atoms with E-state index in [-0.39, 0.29) is 37.3 Å². The van der Waals surface area contributed by atoms with Crippen molar-refractivity contribution in [2.45, 2.75) is 63.1 Å². The number of aliphatic carboxylic acids is 1. The van der Waals surface area contributed by atoms with Crippen molar-refractivity contribution in [1.82, 2.24) is 21.3 Å². The first-order valence-corrected chi connectivity index (χ1v) is 10.8. The van der Waals surface area contributed by atoms with Crippen molar-refractivity contribution < 1.29 is 24.3 Å². The summed E-state index contributed by atoms with van der Waals surface area (Å²) in [7, 11) is 0. The number of unbranched alkanes of at least 4 members (excludes halogenated alkanes) is 1. The van der Waals surface area contributed by atoms with Crippen molar-refractivity contribution in [2.75, 3.05) is 26.2 Å². The molecule has 1 fully saturated rings. The molecule has 11 N–H and O–H groups in total. The van der Waals surface area contributed by atoms with E-state index in [9.17, 15) is 24.3 Å². The van der Waals surface area contributed by atoms with E-state index in [0.717, 1.165) is 13.0 Å². The van der Waals surface area contributed by atoms with E-state index >= 15 is 0 Å². The summed E-state index contributed by atoms with van der Waals surface area (Å²) in [6.07, 6.45) is 3.69. The highest BCUT2D eigenvalue weighted by Crippen LogP contribution is 2.07. The number of aliphatic imine (C=N–C) groups is 1. The number of hydrogen-bond donors (Lipinski definition) is 8. The van der Waals surface area contributed by atoms with Crippen LogP contribution in [0.2, 0.25) is 0 Å². The highest BCUT2D eigenvalue weighted by molar-refractivity contribution is 5.92. The number of guanidine groups is 1. The molecule has 1 heterocycles. The first-order valence-electron chi connectivity index (χ1n) is 10.8. The zero-order valence-corrected chi connectivity index (χ0v) is 18.3. The topological polar surface area (TPSA) is 227 Å². The molecule has 3 atom stereocenters. The molecule has 3 unspecified atom stereocenters. The number of amides is 3. The molecular weight excluding hydrogens is 420 g/mol. The van der Waals surface area contributed by atoms with Gasteiger partial charge in [0.25, 0.3) is 0 Å². The van der Waals surface area contributed by atoms with Gasteiger partial charge in [0.05, 0.1) is 12.6 Å². The fourth-order valence-electron chi connectivity index (χ4n) is 3.24. The van der Waals surface area contributed by atoms with Crippen molar-refractivity contribution in [1.29, 1.82) is 0 Å². The Morgan fingerprint density at radius 1 is 1.06 bits per heavy atom. The SMILES string of the molecule is NCCCCC(NC(=O)CNC(=O)C(CCCN=C(N)N)NC(=O)C1CCCN1)C(=O)O. The monoisotopic (exact) mass is 456 g/mol. The van der Waals surface area contributed by atoms with Crippen molar-refractivity contribution in [3.05, 3.63) is 0 Å². The number of nitrogens with one attached hydrogen (secondary N) is 4. The molecule has 1 aliphatic heterocycles. The number of nitrogens with zero attached hydrogens (tertiary/aromatic N) is 1. The van der Waals surface area contributed by atoms with Gasteiger partial charge >= 0.3 is 5.97 Å². The number of carbonyl (C=O) groups excluding carboxylic acids is 3. The minimum absolute atomic E-state index is 0.0682. The fourth-order valence-corrected chi connectivity index (χ4v) is 3.24. The summed E-state index contributed by atoms with van der Waals surface area (Å²) in [6, 6.07) is -2.31. The summed E-state index contributed by atoms with van der Waals surface area (Å²) >= 11 is 0. The molecule has 1 aliphatic rings. The Hall–Kier alpha value is -2.93. The summed E-state index contributed by atoms with van der Waals surface area (Å²) < 4.78 is 0. The van der Waals surface area contributed by atoms with Crippen LogP contribution in [0.3, 0.4) is 0 Å². The van der Waals surface area contributed by atoms with Crippen LogP contribution in [0, 0.1) is 0 Å². The van der Waals surface area contributed by atoms with Crippen LogP contribution in [0.1, 0.15) is 44.9 Å². The molecule has 1 rings (SSSR count). The summed E-state index contributed by atoms with van der Waals surface area (Å²) in [5.74, 6) is -2.70. The van der Waals surface area contributed by atoms with Crippen LogP contribution in [0.25, 0.3) is 0 Å². The van der Waals surface area contributed by atoms with Crippen molar-refractivity contribution in [3.63, 3.8) is 0 Å². The highest BCUT2D eigenvalue weighted by atomic mass is 16.4. The molecule has 1 saturated heterocycles. The molecule has 0 saturated carbocycles. The van der Waals surface area contributed by atoms with Gasteiger partial charge in [0.2, 0.25) is 17.7 Å². The van der Waals surface area contributed by atoms with Gasteiger partial charge < -0.3 is 43.6 Å². The lowest BCUT2D eigenvalue weighted by Crippen LogP contribution is -2.53. The smallest absolute Gasteiger partial charge is 0.326 e. The van der Waals surface area contributed by atoms with Gasteiger partial charge in [0, 0.05) is 6.54 Å². The summed E-state index contributed by atoms with van der Waals surface area (Å²) in [5.41, 5.74) is 16.0. The van der Waals surface area contributed by atoms with E-state index in [1.54, 1.807) is 0 Å². The number of carboxylic acids is 1. The average Bonchev–Trinajstić information content (AvgIpc) is 3.28. The van der Waals surface area contributed by atoms with E-state index in [1.165, 1.54) is 0 Å². The normalized spacial score (nSPS) is 17.1. The standard InChI is InChI=1S/C19H36N8O5/c20-8-2-1-5-14(18(31)32)26-15(28)11-25-16(29)13(7-4-10-24-19(21)22)27-17(30)12-6-3-9-23-12/h12-14,23H,1-11,20H2,(H,25,29)(H,26,28)(H,27,30)(H,31,32)(H4,21,22,24). The van der Waals surface area contributed by atoms with Crippen LogP contribution in [0.15, 0.2) is 4.99 Å². The zero-order valence-electron chi connectivity index (χ0n) is 18.3. The molecule has 0 aliphatic carbocycles. The highest BCUT2D eigenvalue weighted by Gasteiger charge is 2.27. The van der Waals surface area contributed by atoms with Gasteiger partial charge in [-0.1, -0.05) is 0 Å². The molecule has 182 valence electrons. The van der Waals surface area contributed by atoms with E-state index in [0.29, 0.717) is 32.2 Å². The number of nitrogens with two attached hydrogens (primary N) is 3. The van der Waals surface area contributed by atoms with Gasteiger partial charge in [-0.05, 0) is 58.0 Å². The maximum Gasteiger partial charge on any atom is 0.326 e. The Morgan fingerprint density at radius 2 is 1.78 bits per heavy atom. The van der Waals surface area contributed by atoms with E-state index in [1.807, 2.05) is 0 Å². The zero-order chi connectivity index (χ0) is 23.9. The molecule has 13 nitrogen and oxygen atoms in total. The summed E-state index contributed by atoms with van der Waals surface area (Å²) in [4.78, 5) is 52.3. The maximum absolute atomic E-state index is 12.6. The maximum atomic E-state index is 12.6. The Morgan fingerprint density at radius 3 is 2.38 bits per heavy atom. The van der Waals surface area contributed by atoms with Gasteiger partial charge in [-0.15, -0.1) is 0 Å². The molecule has 0 bridgehead atoms. The van der Waals surface area contributed by atoms with Crippen LogP contribution < -0.4 is 38.5 Å².